The molecule has 0 atom stereocenters. The van der Waals surface area contributed by atoms with E-state index in [1.165, 1.54) is 24.3 Å². The van der Waals surface area contributed by atoms with Crippen LogP contribution in [-0.4, -0.2) is 8.42 Å². The first-order valence-corrected chi connectivity index (χ1v) is 7.24. The van der Waals surface area contributed by atoms with Crippen LogP contribution >= 0.6 is 0 Å². The van der Waals surface area contributed by atoms with Gasteiger partial charge in [-0.15, -0.1) is 0 Å². The van der Waals surface area contributed by atoms with Crippen LogP contribution in [0.3, 0.4) is 0 Å². The third kappa shape index (κ3) is 3.17. The molecule has 0 spiro atoms. The maximum Gasteiger partial charge on any atom is 0.417 e. The molecule has 0 aliphatic rings. The van der Waals surface area contributed by atoms with E-state index in [0.29, 0.717) is 0 Å². The lowest BCUT2D eigenvalue weighted by Crippen LogP contribution is -2.15. The molecule has 0 amide bonds. The highest BCUT2D eigenvalue weighted by Gasteiger charge is 2.34. The predicted molar refractivity (Wildman–Crippen MR) is 72.7 cm³/mol. The number of primary sulfonamides is 1. The van der Waals surface area contributed by atoms with Crippen molar-refractivity contribution in [2.24, 2.45) is 5.14 Å². The molecule has 2 aromatic carbocycles. The van der Waals surface area contributed by atoms with Gasteiger partial charge in [-0.1, -0.05) is 18.2 Å². The van der Waals surface area contributed by atoms with E-state index in [9.17, 15) is 21.6 Å². The molecule has 112 valence electrons. The highest BCUT2D eigenvalue weighted by atomic mass is 32.2. The highest BCUT2D eigenvalue weighted by Crippen LogP contribution is 2.39. The lowest BCUT2D eigenvalue weighted by Gasteiger charge is -2.15. The fraction of sp³-hybridized carbons (Fsp3) is 0.0769. The van der Waals surface area contributed by atoms with Gasteiger partial charge in [-0.25, -0.2) is 13.6 Å². The molecule has 2 aromatic rings. The normalized spacial score (nSPS) is 12.4. The Morgan fingerprint density at radius 2 is 1.57 bits per heavy atom. The van der Waals surface area contributed by atoms with E-state index >= 15 is 0 Å². The molecule has 4 N–H and O–H groups in total. The van der Waals surface area contributed by atoms with E-state index in [4.69, 9.17) is 10.9 Å². The van der Waals surface area contributed by atoms with E-state index in [1.807, 2.05) is 0 Å². The standard InChI is InChI=1S/C13H11F3N2O2S/c14-13(15,16)11-4-2-1-3-9(11)10-7-8(17)5-6-12(10)21(18,19)20/h1-7H,17H2,(H2,18,19,20). The van der Waals surface area contributed by atoms with Crippen LogP contribution in [0.25, 0.3) is 11.1 Å². The topological polar surface area (TPSA) is 86.2 Å². The summed E-state index contributed by atoms with van der Waals surface area (Å²) in [6.07, 6.45) is -4.63. The Kier molecular flexibility index (Phi) is 3.68. The molecule has 0 radical (unpaired) electrons. The highest BCUT2D eigenvalue weighted by molar-refractivity contribution is 7.89. The second-order valence-corrected chi connectivity index (χ2v) is 5.87. The molecule has 0 saturated carbocycles. The summed E-state index contributed by atoms with van der Waals surface area (Å²) in [4.78, 5) is -0.409. The molecule has 0 fully saturated rings. The summed E-state index contributed by atoms with van der Waals surface area (Å²) in [6, 6.07) is 8.14. The van der Waals surface area contributed by atoms with Crippen LogP contribution < -0.4 is 10.9 Å². The van der Waals surface area contributed by atoms with Gasteiger partial charge in [0, 0.05) is 11.3 Å². The Bertz CT molecular complexity index is 786. The van der Waals surface area contributed by atoms with Gasteiger partial charge in [0.05, 0.1) is 10.5 Å². The van der Waals surface area contributed by atoms with Crippen molar-refractivity contribution in [3.05, 3.63) is 48.0 Å². The molecule has 0 aliphatic heterocycles. The predicted octanol–water partition coefficient (Wildman–Crippen LogP) is 2.60. The van der Waals surface area contributed by atoms with Crippen molar-refractivity contribution < 1.29 is 21.6 Å². The van der Waals surface area contributed by atoms with Crippen LogP contribution in [0.1, 0.15) is 5.56 Å². The molecule has 2 rings (SSSR count). The Hall–Kier alpha value is -2.06. The first kappa shape index (κ1) is 15.3. The lowest BCUT2D eigenvalue weighted by atomic mass is 9.99. The summed E-state index contributed by atoms with van der Waals surface area (Å²) < 4.78 is 62.3. The largest absolute Gasteiger partial charge is 0.417 e. The van der Waals surface area contributed by atoms with Gasteiger partial charge < -0.3 is 5.73 Å². The second-order valence-electron chi connectivity index (χ2n) is 4.34. The molecule has 8 heteroatoms. The number of rotatable bonds is 2. The number of nitrogen functional groups attached to an aromatic ring is 1. The number of halogens is 3. The minimum absolute atomic E-state index is 0.134. The Morgan fingerprint density at radius 1 is 0.952 bits per heavy atom. The van der Waals surface area contributed by atoms with Crippen molar-refractivity contribution in [2.45, 2.75) is 11.1 Å². The molecular formula is C13H11F3N2O2S. The SMILES string of the molecule is Nc1ccc(S(N)(=O)=O)c(-c2ccccc2C(F)(F)F)c1. The number of sulfonamides is 1. The number of anilines is 1. The summed E-state index contributed by atoms with van der Waals surface area (Å²) >= 11 is 0. The van der Waals surface area contributed by atoms with Gasteiger partial charge in [0.25, 0.3) is 0 Å². The van der Waals surface area contributed by atoms with E-state index in [1.54, 1.807) is 0 Å². The molecule has 21 heavy (non-hydrogen) atoms. The zero-order chi connectivity index (χ0) is 15.8. The first-order valence-electron chi connectivity index (χ1n) is 5.69. The van der Waals surface area contributed by atoms with Gasteiger partial charge in [-0.3, -0.25) is 0 Å². The zero-order valence-electron chi connectivity index (χ0n) is 10.6. The molecule has 0 unspecified atom stereocenters. The first-order chi connectivity index (χ1) is 9.60. The van der Waals surface area contributed by atoms with Crippen molar-refractivity contribution in [3.8, 4) is 11.1 Å². The smallest absolute Gasteiger partial charge is 0.399 e. The number of nitrogens with two attached hydrogens (primary N) is 2. The monoisotopic (exact) mass is 316 g/mol. The zero-order valence-corrected chi connectivity index (χ0v) is 11.4. The van der Waals surface area contributed by atoms with E-state index < -0.39 is 26.7 Å². The van der Waals surface area contributed by atoms with Crippen molar-refractivity contribution in [2.75, 3.05) is 5.73 Å². The maximum absolute atomic E-state index is 13.1. The van der Waals surface area contributed by atoms with E-state index in [0.717, 1.165) is 18.2 Å². The summed E-state index contributed by atoms with van der Waals surface area (Å²) in [6.45, 7) is 0. The fourth-order valence-electron chi connectivity index (χ4n) is 1.97. The molecule has 0 aliphatic carbocycles. The van der Waals surface area contributed by atoms with Gasteiger partial charge >= 0.3 is 6.18 Å². The van der Waals surface area contributed by atoms with Crippen LogP contribution in [0, 0.1) is 0 Å². The summed E-state index contributed by atoms with van der Waals surface area (Å²) in [5.41, 5.74) is 4.26. The van der Waals surface area contributed by atoms with Gasteiger partial charge in [0.1, 0.15) is 0 Å². The number of hydrogen-bond acceptors (Lipinski definition) is 3. The van der Waals surface area contributed by atoms with Gasteiger partial charge in [-0.2, -0.15) is 13.2 Å². The maximum atomic E-state index is 13.1. The number of alkyl halides is 3. The van der Waals surface area contributed by atoms with Crippen molar-refractivity contribution in [1.82, 2.24) is 0 Å². The van der Waals surface area contributed by atoms with Crippen molar-refractivity contribution in [1.29, 1.82) is 0 Å². The third-order valence-electron chi connectivity index (χ3n) is 2.83. The molecule has 0 saturated heterocycles. The molecule has 0 aromatic heterocycles. The van der Waals surface area contributed by atoms with E-state index in [-0.39, 0.29) is 16.8 Å². The molecule has 0 heterocycles. The Morgan fingerprint density at radius 3 is 2.14 bits per heavy atom. The van der Waals surface area contributed by atoms with Crippen LogP contribution in [0.5, 0.6) is 0 Å². The van der Waals surface area contributed by atoms with Crippen LogP contribution in [0.4, 0.5) is 18.9 Å². The summed E-state index contributed by atoms with van der Waals surface area (Å²) in [5, 5.41) is 5.05. The quantitative estimate of drug-likeness (QED) is 0.835. The Balaban J connectivity index is 2.83. The second kappa shape index (κ2) is 5.05. The van der Waals surface area contributed by atoms with Crippen LogP contribution in [-0.2, 0) is 16.2 Å². The van der Waals surface area contributed by atoms with Gasteiger partial charge in [0.15, 0.2) is 0 Å². The average Bonchev–Trinajstić information content (AvgIpc) is 2.36. The minimum atomic E-state index is -4.63. The summed E-state index contributed by atoms with van der Waals surface area (Å²) in [5.74, 6) is 0. The van der Waals surface area contributed by atoms with E-state index in [2.05, 4.69) is 0 Å². The Labute approximate surface area is 119 Å². The molecule has 0 bridgehead atoms. The average molecular weight is 316 g/mol. The molecular weight excluding hydrogens is 305 g/mol. The van der Waals surface area contributed by atoms with Crippen LogP contribution in [0.15, 0.2) is 47.4 Å². The number of benzene rings is 2. The fourth-order valence-corrected chi connectivity index (χ4v) is 2.70. The number of hydrogen-bond donors (Lipinski definition) is 2. The summed E-state index contributed by atoms with van der Waals surface area (Å²) in [7, 11) is -4.18. The minimum Gasteiger partial charge on any atom is -0.399 e. The van der Waals surface area contributed by atoms with Gasteiger partial charge in [-0.05, 0) is 29.8 Å². The lowest BCUT2D eigenvalue weighted by molar-refractivity contribution is -0.137. The van der Waals surface area contributed by atoms with Crippen LogP contribution in [0.2, 0.25) is 0 Å². The third-order valence-corrected chi connectivity index (χ3v) is 3.80. The van der Waals surface area contributed by atoms with Crippen molar-refractivity contribution >= 4 is 15.7 Å². The van der Waals surface area contributed by atoms with Gasteiger partial charge in [0.2, 0.25) is 10.0 Å². The molecule has 4 nitrogen and oxygen atoms in total. The van der Waals surface area contributed by atoms with Crippen molar-refractivity contribution in [3.63, 3.8) is 0 Å².